The zero-order chi connectivity index (χ0) is 64.2. The number of hydrogen-bond acceptors (Lipinski definition) is 9. The molecule has 0 aromatic heterocycles. The molecule has 0 aliphatic heterocycles. The van der Waals surface area contributed by atoms with E-state index in [2.05, 4.69) is 148 Å². The van der Waals surface area contributed by atoms with Crippen molar-refractivity contribution in [3.05, 3.63) is 159 Å². The lowest BCUT2D eigenvalue weighted by molar-refractivity contribution is -0.144. The Morgan fingerprint density at radius 2 is 0.783 bits per heavy atom. The Bertz CT molecular complexity index is 2910. The van der Waals surface area contributed by atoms with Gasteiger partial charge >= 0.3 is 5.97 Å². The van der Waals surface area contributed by atoms with Crippen LogP contribution < -0.4 is 9.47 Å². The minimum atomic E-state index is -0.902. The Morgan fingerprint density at radius 1 is 0.410 bits per heavy atom. The van der Waals surface area contributed by atoms with E-state index in [1.165, 1.54) is 42.5 Å². The summed E-state index contributed by atoms with van der Waals surface area (Å²) in [4.78, 5) is 11.7. The van der Waals surface area contributed by atoms with E-state index >= 15 is 0 Å². The van der Waals surface area contributed by atoms with Crippen molar-refractivity contribution < 1.29 is 58.1 Å². The number of hydrogen-bond donors (Lipinski definition) is 6. The van der Waals surface area contributed by atoms with Gasteiger partial charge in [0.15, 0.2) is 46.2 Å². The molecule has 0 aliphatic rings. The van der Waals surface area contributed by atoms with E-state index in [1.54, 1.807) is 36.4 Å². The highest BCUT2D eigenvalue weighted by molar-refractivity contribution is 14.1. The number of methoxy groups -OCH3 is 1. The van der Waals surface area contributed by atoms with Gasteiger partial charge in [-0.05, 0) is 242 Å². The van der Waals surface area contributed by atoms with Crippen LogP contribution in [-0.2, 0) is 31.9 Å². The van der Waals surface area contributed by atoms with Crippen LogP contribution in [0.5, 0.6) is 46.0 Å². The Labute approximate surface area is 535 Å². The van der Waals surface area contributed by atoms with Crippen LogP contribution in [0, 0.1) is 33.6 Å². The lowest BCUT2D eigenvalue weighted by Gasteiger charge is -2.24. The smallest absolute Gasteiger partial charge is 0.317 e. The van der Waals surface area contributed by atoms with Gasteiger partial charge in [-0.25, -0.2) is 13.2 Å². The van der Waals surface area contributed by atoms with Crippen LogP contribution in [0.3, 0.4) is 0 Å². The third-order valence-electron chi connectivity index (χ3n) is 15.9. The van der Waals surface area contributed by atoms with Crippen LogP contribution in [0.25, 0.3) is 0 Å². The van der Waals surface area contributed by atoms with Crippen LogP contribution in [0.1, 0.15) is 191 Å². The van der Waals surface area contributed by atoms with Gasteiger partial charge in [-0.2, -0.15) is 0 Å². The second kappa shape index (κ2) is 33.3. The van der Waals surface area contributed by atoms with Gasteiger partial charge in [-0.3, -0.25) is 4.79 Å². The van der Waals surface area contributed by atoms with Crippen molar-refractivity contribution in [3.8, 4) is 46.0 Å². The second-order valence-electron chi connectivity index (χ2n) is 24.1. The molecule has 6 rings (SSSR count). The molecule has 9 nitrogen and oxygen atoms in total. The first-order chi connectivity index (χ1) is 38.2. The maximum atomic E-state index is 13.4. The number of benzene rings is 6. The van der Waals surface area contributed by atoms with Crippen molar-refractivity contribution in [2.45, 2.75) is 190 Å². The first-order valence-electron chi connectivity index (χ1n) is 27.9. The largest absolute Gasteiger partial charge is 0.508 e. The molecule has 83 heavy (non-hydrogen) atoms. The molecule has 6 N–H and O–H groups in total. The van der Waals surface area contributed by atoms with Crippen LogP contribution in [-0.4, -0.2) is 43.7 Å². The highest BCUT2D eigenvalue weighted by Gasteiger charge is 2.29. The average molecular weight is 1490 g/mol. The topological polar surface area (TPSA) is 157 Å². The normalized spacial score (nSPS) is 11.6. The van der Waals surface area contributed by atoms with Gasteiger partial charge in [0.05, 0.1) is 23.2 Å². The minimum Gasteiger partial charge on any atom is -0.508 e. The van der Waals surface area contributed by atoms with Crippen LogP contribution in [0.2, 0.25) is 0 Å². The number of carbonyl (C=O) groups is 1. The monoisotopic (exact) mass is 1490 g/mol. The summed E-state index contributed by atoms with van der Waals surface area (Å²) < 4.78 is 52.2. The predicted octanol–water partition coefficient (Wildman–Crippen LogP) is 20.4. The molecular weight excluding hydrogens is 1400 g/mol. The molecule has 460 valence electrons. The fraction of sp³-hybridized carbons (Fsp3) is 0.456. The van der Waals surface area contributed by atoms with Gasteiger partial charge in [0.1, 0.15) is 17.2 Å². The summed E-state index contributed by atoms with van der Waals surface area (Å²) in [5, 5.41) is 56.3. The summed E-state index contributed by atoms with van der Waals surface area (Å²) in [6, 6.07) is 29.4. The first-order valence-corrected chi connectivity index (χ1v) is 31.2. The standard InChI is InChI=1S/C12H17FO2.C12H16O3.C11H14F2O.C11H14I2O.C11H15IO.C11H16O/c1-5-12(2,3)8-6-9(13)11(14)10(7-8)15-4;1-4-12(2,3)11(14)15-10-8-6-5-7-9(10)13;2*1-4-11(2,3)7-5-8(12)10(14)9(13)6-7;1-4-11(2,3)8-5-6-10(13)9(12)7-8;1-4-11(2,3)9-7-5-6-8-10(9)12/h6-7,14H,5H2,1-4H3;5-8,13H,4H2,1-3H3;2*5-6,14H,4H2,1-3H3;5-7,13H,4H2,1-3H3;5-8,12H,4H2,1-3H3. The van der Waals surface area contributed by atoms with Crippen molar-refractivity contribution in [1.82, 2.24) is 0 Å². The van der Waals surface area contributed by atoms with Gasteiger partial charge in [-0.1, -0.05) is 147 Å². The summed E-state index contributed by atoms with van der Waals surface area (Å²) in [6.07, 6.45) is 5.60. The molecule has 0 aliphatic carbocycles. The second-order valence-corrected chi connectivity index (χ2v) is 27.5. The molecule has 15 heteroatoms. The molecule has 0 bridgehead atoms. The number of esters is 1. The van der Waals surface area contributed by atoms with E-state index < -0.39 is 34.4 Å². The number of carbonyl (C=O) groups excluding carboxylic acids is 1. The minimum absolute atomic E-state index is 0.0160. The van der Waals surface area contributed by atoms with Gasteiger partial charge in [0.25, 0.3) is 0 Å². The molecule has 0 amide bonds. The summed E-state index contributed by atoms with van der Waals surface area (Å²) in [5.74, 6) is -2.52. The number of para-hydroxylation sites is 3. The van der Waals surface area contributed by atoms with Crippen molar-refractivity contribution in [2.75, 3.05) is 7.11 Å². The number of aromatic hydroxyl groups is 6. The maximum Gasteiger partial charge on any atom is 0.317 e. The van der Waals surface area contributed by atoms with Crippen LogP contribution in [0.4, 0.5) is 13.2 Å². The number of ether oxygens (including phenoxy) is 2. The van der Waals surface area contributed by atoms with E-state index in [0.29, 0.717) is 29.2 Å². The lowest BCUT2D eigenvalue weighted by Crippen LogP contribution is -2.28. The summed E-state index contributed by atoms with van der Waals surface area (Å²) in [7, 11) is 1.41. The number of rotatable bonds is 14. The van der Waals surface area contributed by atoms with E-state index in [-0.39, 0.29) is 50.3 Å². The third kappa shape index (κ3) is 23.0. The van der Waals surface area contributed by atoms with E-state index in [0.717, 1.165) is 53.9 Å². The van der Waals surface area contributed by atoms with Gasteiger partial charge in [0.2, 0.25) is 0 Å². The third-order valence-corrected chi connectivity index (χ3v) is 18.4. The van der Waals surface area contributed by atoms with Crippen molar-refractivity contribution >= 4 is 73.7 Å². The van der Waals surface area contributed by atoms with E-state index in [4.69, 9.17) is 14.6 Å². The summed E-state index contributed by atoms with van der Waals surface area (Å²) in [5.41, 5.74) is 4.55. The van der Waals surface area contributed by atoms with E-state index in [9.17, 15) is 43.5 Å². The zero-order valence-corrected chi connectivity index (χ0v) is 58.7. The molecule has 0 saturated heterocycles. The molecule has 0 radical (unpaired) electrons. The van der Waals surface area contributed by atoms with Crippen molar-refractivity contribution in [2.24, 2.45) is 5.41 Å². The predicted molar refractivity (Wildman–Crippen MR) is 360 cm³/mol. The highest BCUT2D eigenvalue weighted by Crippen LogP contribution is 2.39. The average Bonchev–Trinajstić information content (AvgIpc) is 3.63. The molecule has 0 unspecified atom stereocenters. The Kier molecular flexibility index (Phi) is 30.7. The Morgan fingerprint density at radius 3 is 1.18 bits per heavy atom. The van der Waals surface area contributed by atoms with Crippen molar-refractivity contribution in [3.63, 3.8) is 0 Å². The summed E-state index contributed by atoms with van der Waals surface area (Å²) in [6.45, 7) is 37.1. The van der Waals surface area contributed by atoms with Crippen LogP contribution >= 0.6 is 67.8 Å². The molecule has 6 aromatic carbocycles. The quantitative estimate of drug-likeness (QED) is 0.0355. The molecule has 0 spiro atoms. The van der Waals surface area contributed by atoms with Gasteiger partial charge in [-0.15, -0.1) is 0 Å². The van der Waals surface area contributed by atoms with E-state index in [1.807, 2.05) is 86.6 Å². The number of halogens is 6. The molecule has 6 aromatic rings. The van der Waals surface area contributed by atoms with Gasteiger partial charge in [0, 0.05) is 0 Å². The fourth-order valence-corrected chi connectivity index (χ4v) is 9.22. The fourth-order valence-electron chi connectivity index (χ4n) is 6.94. The number of phenolic OH excluding ortho intramolecular Hbond substituents is 6. The van der Waals surface area contributed by atoms with Gasteiger partial charge < -0.3 is 40.1 Å². The lowest BCUT2D eigenvalue weighted by atomic mass is 9.82. The van der Waals surface area contributed by atoms with Crippen molar-refractivity contribution in [1.29, 1.82) is 0 Å². The molecular formula is C68H92F3I3O9. The molecule has 0 atom stereocenters. The molecule has 0 saturated carbocycles. The number of phenols is 6. The Balaban J connectivity index is 0.000000499. The Hall–Kier alpha value is -4.63. The zero-order valence-electron chi connectivity index (χ0n) is 52.2. The maximum absolute atomic E-state index is 13.4. The summed E-state index contributed by atoms with van der Waals surface area (Å²) >= 11 is 6.51. The molecule has 0 fully saturated rings. The highest BCUT2D eigenvalue weighted by atomic mass is 127. The first kappa shape index (κ1) is 76.4. The SMILES string of the molecule is CCC(C)(C)C(=O)Oc1ccccc1O.CCC(C)(C)c1cc(F)c(O)c(F)c1.CCC(C)(C)c1cc(F)c(O)c(OC)c1.CCC(C)(C)c1cc(I)c(O)c(I)c1.CCC(C)(C)c1ccc(O)c(I)c1.CCC(C)(C)c1ccccc1O. The van der Waals surface area contributed by atoms with Crippen LogP contribution in [0.15, 0.2) is 103 Å². The molecule has 0 heterocycles.